The Hall–Kier alpha value is -2.24. The summed E-state index contributed by atoms with van der Waals surface area (Å²) in [6.07, 6.45) is -1.74. The number of nitrogens with zero attached hydrogens (tertiary/aromatic N) is 2. The molecule has 0 bridgehead atoms. The number of ether oxygens (including phenoxy) is 1. The molecule has 3 atom stereocenters. The van der Waals surface area contributed by atoms with Gasteiger partial charge in [-0.3, -0.25) is 20.4 Å². The number of amidine groups is 1. The van der Waals surface area contributed by atoms with Crippen LogP contribution in [-0.2, 0) is 10.3 Å². The maximum atomic E-state index is 14.7. The molecule has 26 heavy (non-hydrogen) atoms. The average Bonchev–Trinajstić information content (AvgIpc) is 2.60. The van der Waals surface area contributed by atoms with Crippen molar-refractivity contribution in [3.63, 3.8) is 0 Å². The van der Waals surface area contributed by atoms with E-state index in [1.807, 2.05) is 0 Å². The second-order valence-electron chi connectivity index (χ2n) is 5.95. The topological polar surface area (TPSA) is 134 Å². The normalized spacial score (nSPS) is 28.0. The maximum absolute atomic E-state index is 14.7. The fraction of sp³-hybridized carbons (Fsp3) is 0.467. The van der Waals surface area contributed by atoms with Crippen LogP contribution >= 0.6 is 11.8 Å². The molecule has 0 saturated carbocycles. The van der Waals surface area contributed by atoms with E-state index in [4.69, 9.17) is 9.84 Å². The van der Waals surface area contributed by atoms with E-state index in [1.54, 1.807) is 0 Å². The number of aliphatic hydroxyl groups excluding tert-OH is 1. The third-order valence-electron chi connectivity index (χ3n) is 4.60. The third kappa shape index (κ3) is 3.24. The van der Waals surface area contributed by atoms with E-state index >= 15 is 0 Å². The Labute approximate surface area is 151 Å². The van der Waals surface area contributed by atoms with Crippen LogP contribution in [0.3, 0.4) is 0 Å². The molecule has 2 aliphatic heterocycles. The number of halogens is 1. The zero-order valence-corrected chi connectivity index (χ0v) is 14.2. The zero-order valence-electron chi connectivity index (χ0n) is 13.4. The lowest BCUT2D eigenvalue weighted by atomic mass is 9.72. The molecule has 1 aromatic rings. The highest BCUT2D eigenvalue weighted by molar-refractivity contribution is 8.13. The summed E-state index contributed by atoms with van der Waals surface area (Å²) in [6.45, 7) is -0.168. The van der Waals surface area contributed by atoms with Gasteiger partial charge >= 0.3 is 6.09 Å². The van der Waals surface area contributed by atoms with Crippen LogP contribution in [0.15, 0.2) is 23.2 Å². The first kappa shape index (κ1) is 18.5. The summed E-state index contributed by atoms with van der Waals surface area (Å²) in [4.78, 5) is 25.9. The summed E-state index contributed by atoms with van der Waals surface area (Å²) in [7, 11) is 0. The van der Waals surface area contributed by atoms with Crippen LogP contribution < -0.4 is 5.32 Å². The molecule has 1 saturated heterocycles. The van der Waals surface area contributed by atoms with Crippen LogP contribution in [0.25, 0.3) is 0 Å². The largest absolute Gasteiger partial charge is 0.465 e. The summed E-state index contributed by atoms with van der Waals surface area (Å²) in [5, 5.41) is 31.9. The van der Waals surface area contributed by atoms with Crippen molar-refractivity contribution in [2.75, 3.05) is 19.0 Å². The number of non-ortho nitro benzene ring substituents is 1. The highest BCUT2D eigenvalue weighted by Crippen LogP contribution is 2.49. The molecule has 1 aromatic carbocycles. The van der Waals surface area contributed by atoms with Crippen LogP contribution in [0.2, 0.25) is 0 Å². The van der Waals surface area contributed by atoms with Crippen molar-refractivity contribution in [2.24, 2.45) is 10.9 Å². The molecule has 1 fully saturated rings. The number of fused-ring (bicyclic) bond motifs is 1. The van der Waals surface area contributed by atoms with Crippen molar-refractivity contribution in [1.82, 2.24) is 5.32 Å². The summed E-state index contributed by atoms with van der Waals surface area (Å²) in [5.74, 6) is -0.835. The molecule has 2 aliphatic rings. The van der Waals surface area contributed by atoms with Gasteiger partial charge in [-0.2, -0.15) is 0 Å². The fourth-order valence-electron chi connectivity index (χ4n) is 3.43. The van der Waals surface area contributed by atoms with E-state index < -0.39 is 34.4 Å². The Morgan fingerprint density at radius 1 is 1.58 bits per heavy atom. The van der Waals surface area contributed by atoms with Crippen molar-refractivity contribution < 1.29 is 29.1 Å². The van der Waals surface area contributed by atoms with E-state index in [0.717, 1.165) is 30.0 Å². The van der Waals surface area contributed by atoms with Gasteiger partial charge in [0.15, 0.2) is 5.17 Å². The highest BCUT2D eigenvalue weighted by atomic mass is 32.2. The molecule has 0 aromatic heterocycles. The van der Waals surface area contributed by atoms with Gasteiger partial charge in [0.05, 0.1) is 23.2 Å². The predicted molar refractivity (Wildman–Crippen MR) is 90.7 cm³/mol. The Balaban J connectivity index is 2.17. The Morgan fingerprint density at radius 2 is 2.35 bits per heavy atom. The van der Waals surface area contributed by atoms with Gasteiger partial charge in [0.25, 0.3) is 5.69 Å². The lowest BCUT2D eigenvalue weighted by Gasteiger charge is -2.47. The number of carbonyl (C=O) groups is 1. The Bertz CT molecular complexity index is 776. The molecule has 0 spiro atoms. The van der Waals surface area contributed by atoms with Crippen LogP contribution in [0, 0.1) is 21.8 Å². The summed E-state index contributed by atoms with van der Waals surface area (Å²) in [5.41, 5.74) is -1.55. The average molecular weight is 385 g/mol. The summed E-state index contributed by atoms with van der Waals surface area (Å²) in [6, 6.07) is 3.19. The third-order valence-corrected chi connectivity index (χ3v) is 5.59. The predicted octanol–water partition coefficient (Wildman–Crippen LogP) is 1.70. The van der Waals surface area contributed by atoms with E-state index in [0.29, 0.717) is 5.75 Å². The van der Waals surface area contributed by atoms with Gasteiger partial charge in [0.1, 0.15) is 5.82 Å². The highest BCUT2D eigenvalue weighted by Gasteiger charge is 2.51. The molecule has 1 amide bonds. The number of amides is 1. The molecule has 2 heterocycles. The number of nitro groups is 1. The number of aliphatic imine (C=N–C) groups is 1. The van der Waals surface area contributed by atoms with Gasteiger partial charge in [0, 0.05) is 42.4 Å². The van der Waals surface area contributed by atoms with Crippen molar-refractivity contribution in [1.29, 1.82) is 0 Å². The first-order chi connectivity index (χ1) is 12.4. The molecule has 3 N–H and O–H groups in total. The van der Waals surface area contributed by atoms with Crippen molar-refractivity contribution in [3.8, 4) is 0 Å². The first-order valence-corrected chi connectivity index (χ1v) is 8.75. The maximum Gasteiger partial charge on any atom is 0.410 e. The molecule has 140 valence electrons. The van der Waals surface area contributed by atoms with Gasteiger partial charge in [0.2, 0.25) is 0 Å². The molecular weight excluding hydrogens is 369 g/mol. The number of carboxylic acid groups (broad SMARTS) is 1. The molecule has 3 rings (SSSR count). The number of thioether (sulfide) groups is 1. The van der Waals surface area contributed by atoms with Crippen LogP contribution in [-0.4, -0.2) is 51.5 Å². The number of nitrogens with one attached hydrogen (secondary N) is 1. The van der Waals surface area contributed by atoms with Crippen LogP contribution in [0.4, 0.5) is 14.9 Å². The number of hydrogen-bond acceptors (Lipinski definition) is 7. The SMILES string of the molecule is O=C(O)NC1=N[C@@]2(c3cc([N+](=O)[O-])ccc3F)CCO[C@H](CO)[C@H]2CS1. The Kier molecular flexibility index (Phi) is 5.12. The molecule has 9 nitrogen and oxygen atoms in total. The zero-order chi connectivity index (χ0) is 18.9. The van der Waals surface area contributed by atoms with Gasteiger partial charge in [-0.25, -0.2) is 9.18 Å². The van der Waals surface area contributed by atoms with Crippen molar-refractivity contribution in [2.45, 2.75) is 18.1 Å². The van der Waals surface area contributed by atoms with Gasteiger partial charge in [-0.1, -0.05) is 11.8 Å². The Morgan fingerprint density at radius 3 is 3.00 bits per heavy atom. The smallest absolute Gasteiger partial charge is 0.410 e. The van der Waals surface area contributed by atoms with Crippen LogP contribution in [0.1, 0.15) is 12.0 Å². The summed E-state index contributed by atoms with van der Waals surface area (Å²) >= 11 is 1.12. The molecule has 0 aliphatic carbocycles. The fourth-order valence-corrected chi connectivity index (χ4v) is 4.64. The van der Waals surface area contributed by atoms with Crippen molar-refractivity contribution in [3.05, 3.63) is 39.7 Å². The van der Waals surface area contributed by atoms with E-state index in [-0.39, 0.29) is 36.1 Å². The van der Waals surface area contributed by atoms with Gasteiger partial charge in [-0.05, 0) is 6.07 Å². The van der Waals surface area contributed by atoms with Crippen LogP contribution in [0.5, 0.6) is 0 Å². The number of rotatable bonds is 3. The number of hydrogen-bond donors (Lipinski definition) is 3. The summed E-state index contributed by atoms with van der Waals surface area (Å²) < 4.78 is 20.2. The number of benzene rings is 1. The quantitative estimate of drug-likeness (QED) is 0.532. The van der Waals surface area contributed by atoms with Gasteiger partial charge < -0.3 is 14.9 Å². The minimum absolute atomic E-state index is 0.00318. The number of nitro benzene ring substituents is 1. The standard InChI is InChI=1S/C15H16FN3O6S/c16-11-2-1-8(19(23)24)5-9(11)15-3-4-25-12(6-20)10(15)7-26-13(18-15)17-14(21)22/h1-2,5,10,12,20H,3-4,6-7H2,(H,17,18)(H,21,22)/t10-,12-,15-/m1/s1. The van der Waals surface area contributed by atoms with E-state index in [9.17, 15) is 24.4 Å². The van der Waals surface area contributed by atoms with E-state index in [2.05, 4.69) is 10.3 Å². The second-order valence-corrected chi connectivity index (χ2v) is 6.96. The molecular formula is C15H16FN3O6S. The molecule has 0 unspecified atom stereocenters. The minimum atomic E-state index is -1.31. The molecule has 0 radical (unpaired) electrons. The van der Waals surface area contributed by atoms with E-state index in [1.165, 1.54) is 0 Å². The monoisotopic (exact) mass is 385 g/mol. The molecule has 11 heteroatoms. The minimum Gasteiger partial charge on any atom is -0.465 e. The number of aliphatic hydroxyl groups is 1. The lowest BCUT2D eigenvalue weighted by Crippen LogP contribution is -2.53. The van der Waals surface area contributed by atoms with Crippen molar-refractivity contribution >= 4 is 28.7 Å². The first-order valence-electron chi connectivity index (χ1n) is 7.77. The second kappa shape index (κ2) is 7.17. The lowest BCUT2D eigenvalue weighted by molar-refractivity contribution is -0.385. The van der Waals surface area contributed by atoms with Gasteiger partial charge in [-0.15, -0.1) is 0 Å².